The number of carbonyl (C=O) groups is 1. The van der Waals surface area contributed by atoms with Crippen LogP contribution in [0.2, 0.25) is 0 Å². The maximum Gasteiger partial charge on any atom is 0.438 e. The fourth-order valence-corrected chi connectivity index (χ4v) is 2.07. The summed E-state index contributed by atoms with van der Waals surface area (Å²) in [5, 5.41) is 23.0. The molecule has 1 aromatic rings. The molecule has 0 fully saturated rings. The summed E-state index contributed by atoms with van der Waals surface area (Å²) in [7, 11) is 0. The number of rotatable bonds is 2. The maximum absolute atomic E-state index is 13.0. The molecule has 1 heterocycles. The molecule has 5 nitrogen and oxygen atoms in total. The highest BCUT2D eigenvalue weighted by atomic mass is 19.4. The number of aliphatic hydroxyl groups is 2. The summed E-state index contributed by atoms with van der Waals surface area (Å²) in [6.45, 7) is 1.26. The van der Waals surface area contributed by atoms with Crippen molar-refractivity contribution in [2.75, 3.05) is 0 Å². The third-order valence-electron chi connectivity index (χ3n) is 3.14. The van der Waals surface area contributed by atoms with Gasteiger partial charge in [-0.05, 0) is 12.5 Å². The molecule has 1 amide bonds. The van der Waals surface area contributed by atoms with Crippen molar-refractivity contribution in [3.8, 4) is 0 Å². The average molecular weight is 302 g/mol. The van der Waals surface area contributed by atoms with Gasteiger partial charge in [0.05, 0.1) is 0 Å². The van der Waals surface area contributed by atoms with Crippen LogP contribution >= 0.6 is 0 Å². The zero-order valence-corrected chi connectivity index (χ0v) is 11.0. The van der Waals surface area contributed by atoms with E-state index >= 15 is 0 Å². The van der Waals surface area contributed by atoms with Crippen LogP contribution in [0.15, 0.2) is 35.4 Å². The summed E-state index contributed by atoms with van der Waals surface area (Å²) >= 11 is 0. The first-order valence-electron chi connectivity index (χ1n) is 6.07. The summed E-state index contributed by atoms with van der Waals surface area (Å²) in [5.41, 5.74) is -3.36. The Hall–Kier alpha value is -1.93. The molecule has 114 valence electrons. The lowest BCUT2D eigenvalue weighted by atomic mass is 10.0. The molecule has 0 unspecified atom stereocenters. The topological polar surface area (TPSA) is 73.1 Å². The predicted molar refractivity (Wildman–Crippen MR) is 67.0 cm³/mol. The number of hydrogen-bond donors (Lipinski definition) is 2. The maximum atomic E-state index is 13.0. The van der Waals surface area contributed by atoms with Crippen molar-refractivity contribution in [3.63, 3.8) is 0 Å². The van der Waals surface area contributed by atoms with Crippen LogP contribution in [0.4, 0.5) is 13.2 Å². The summed E-state index contributed by atoms with van der Waals surface area (Å²) < 4.78 is 39.0. The van der Waals surface area contributed by atoms with Gasteiger partial charge in [0.1, 0.15) is 0 Å². The van der Waals surface area contributed by atoms with E-state index in [0.717, 1.165) is 0 Å². The summed E-state index contributed by atoms with van der Waals surface area (Å²) in [6, 6.07) is 7.47. The van der Waals surface area contributed by atoms with E-state index in [2.05, 4.69) is 5.10 Å². The smallest absolute Gasteiger partial charge is 0.378 e. The molecule has 2 N–H and O–H groups in total. The highest BCUT2D eigenvalue weighted by molar-refractivity contribution is 5.90. The summed E-state index contributed by atoms with van der Waals surface area (Å²) in [4.78, 5) is 12.1. The fourth-order valence-electron chi connectivity index (χ4n) is 2.07. The van der Waals surface area contributed by atoms with Crippen LogP contribution < -0.4 is 0 Å². The predicted octanol–water partition coefficient (Wildman–Crippen LogP) is 1.58. The van der Waals surface area contributed by atoms with Gasteiger partial charge in [0.2, 0.25) is 0 Å². The van der Waals surface area contributed by atoms with Gasteiger partial charge in [-0.2, -0.15) is 23.3 Å². The van der Waals surface area contributed by atoms with E-state index in [1.165, 1.54) is 31.2 Å². The van der Waals surface area contributed by atoms with Crippen molar-refractivity contribution < 1.29 is 28.2 Å². The van der Waals surface area contributed by atoms with Gasteiger partial charge in [0.15, 0.2) is 6.10 Å². The van der Waals surface area contributed by atoms with Crippen LogP contribution in [0, 0.1) is 0 Å². The van der Waals surface area contributed by atoms with Gasteiger partial charge in [-0.3, -0.25) is 4.79 Å². The number of hydrogen-bond acceptors (Lipinski definition) is 4. The number of alkyl halides is 3. The second kappa shape index (κ2) is 5.12. The third kappa shape index (κ3) is 2.64. The van der Waals surface area contributed by atoms with Crippen LogP contribution in [0.1, 0.15) is 25.0 Å². The van der Waals surface area contributed by atoms with E-state index in [-0.39, 0.29) is 16.3 Å². The molecule has 0 aliphatic carbocycles. The van der Waals surface area contributed by atoms with E-state index in [0.29, 0.717) is 0 Å². The average Bonchev–Trinajstić information content (AvgIpc) is 2.74. The van der Waals surface area contributed by atoms with Crippen molar-refractivity contribution >= 4 is 11.6 Å². The van der Waals surface area contributed by atoms with Gasteiger partial charge >= 0.3 is 6.18 Å². The minimum absolute atomic E-state index is 0.0524. The molecular formula is C13H13F3N2O3. The summed E-state index contributed by atoms with van der Waals surface area (Å²) in [6.07, 6.45) is -7.76. The van der Waals surface area contributed by atoms with Crippen LogP contribution in [-0.2, 0) is 4.79 Å². The second-order valence-corrected chi connectivity index (χ2v) is 4.79. The van der Waals surface area contributed by atoms with Gasteiger partial charge in [-0.25, -0.2) is 0 Å². The number of benzene rings is 1. The lowest BCUT2D eigenvalue weighted by Crippen LogP contribution is -2.57. The zero-order valence-electron chi connectivity index (χ0n) is 11.0. The van der Waals surface area contributed by atoms with Crippen LogP contribution in [0.25, 0.3) is 0 Å². The molecule has 21 heavy (non-hydrogen) atoms. The lowest BCUT2D eigenvalue weighted by Gasteiger charge is -2.33. The van der Waals surface area contributed by atoms with Crippen LogP contribution in [0.5, 0.6) is 0 Å². The molecule has 0 spiro atoms. The van der Waals surface area contributed by atoms with E-state index in [1.807, 2.05) is 0 Å². The number of carbonyl (C=O) groups excluding carboxylic acids is 1. The van der Waals surface area contributed by atoms with Gasteiger partial charge in [-0.1, -0.05) is 30.3 Å². The van der Waals surface area contributed by atoms with Crippen molar-refractivity contribution in [3.05, 3.63) is 35.9 Å². The highest BCUT2D eigenvalue weighted by Crippen LogP contribution is 2.41. The quantitative estimate of drug-likeness (QED) is 0.871. The van der Waals surface area contributed by atoms with Crippen molar-refractivity contribution in [1.29, 1.82) is 0 Å². The summed E-state index contributed by atoms with van der Waals surface area (Å²) in [5.74, 6) is -1.34. The zero-order chi connectivity index (χ0) is 15.8. The Morgan fingerprint density at radius 3 is 2.48 bits per heavy atom. The Morgan fingerprint density at radius 1 is 1.38 bits per heavy atom. The van der Waals surface area contributed by atoms with Crippen molar-refractivity contribution in [2.45, 2.75) is 31.3 Å². The number of halogens is 3. The standard InChI is InChI=1S/C13H13F3N2O3/c1-8-7-12(21,13(14,15)16)18(17-8)11(20)10(19)9-5-3-2-4-6-9/h2-6,10,19,21H,7H2,1H3/t10-,12-/m0/s1. The molecule has 0 aromatic heterocycles. The molecule has 0 saturated carbocycles. The van der Waals surface area contributed by atoms with Gasteiger partial charge < -0.3 is 10.2 Å². The SMILES string of the molecule is CC1=NN(C(=O)[C@@H](O)c2ccccc2)[C@@](O)(C(F)(F)F)C1. The Kier molecular flexibility index (Phi) is 3.77. The molecule has 2 atom stereocenters. The van der Waals surface area contributed by atoms with Gasteiger partial charge in [0, 0.05) is 12.1 Å². The van der Waals surface area contributed by atoms with E-state index in [1.54, 1.807) is 6.07 Å². The van der Waals surface area contributed by atoms with Gasteiger partial charge in [0.25, 0.3) is 11.6 Å². The number of aliphatic hydroxyl groups excluding tert-OH is 1. The fraction of sp³-hybridized carbons (Fsp3) is 0.385. The number of nitrogens with zero attached hydrogens (tertiary/aromatic N) is 2. The first-order valence-corrected chi connectivity index (χ1v) is 6.07. The molecule has 0 saturated heterocycles. The van der Waals surface area contributed by atoms with Crippen molar-refractivity contribution in [1.82, 2.24) is 5.01 Å². The molecular weight excluding hydrogens is 289 g/mol. The largest absolute Gasteiger partial charge is 0.438 e. The second-order valence-electron chi connectivity index (χ2n) is 4.79. The molecule has 1 aliphatic heterocycles. The van der Waals surface area contributed by atoms with E-state index < -0.39 is 30.3 Å². The minimum Gasteiger partial charge on any atom is -0.378 e. The van der Waals surface area contributed by atoms with Crippen molar-refractivity contribution in [2.24, 2.45) is 5.10 Å². The molecule has 2 rings (SSSR count). The lowest BCUT2D eigenvalue weighted by molar-refractivity contribution is -0.303. The highest BCUT2D eigenvalue weighted by Gasteiger charge is 2.63. The van der Waals surface area contributed by atoms with Gasteiger partial charge in [-0.15, -0.1) is 0 Å². The Labute approximate surface area is 118 Å². The first kappa shape index (κ1) is 15.5. The van der Waals surface area contributed by atoms with Crippen LogP contribution in [-0.4, -0.2) is 38.7 Å². The third-order valence-corrected chi connectivity index (χ3v) is 3.14. The number of amides is 1. The number of hydrazone groups is 1. The Bertz CT molecular complexity index is 574. The van der Waals surface area contributed by atoms with E-state index in [9.17, 15) is 28.2 Å². The first-order chi connectivity index (χ1) is 9.67. The molecule has 0 bridgehead atoms. The molecule has 1 aliphatic rings. The molecule has 8 heteroatoms. The Balaban J connectivity index is 2.33. The normalized spacial score (nSPS) is 23.9. The molecule has 1 aromatic carbocycles. The Morgan fingerprint density at radius 2 is 1.95 bits per heavy atom. The van der Waals surface area contributed by atoms with E-state index in [4.69, 9.17) is 0 Å². The van der Waals surface area contributed by atoms with Crippen LogP contribution in [0.3, 0.4) is 0 Å². The monoisotopic (exact) mass is 302 g/mol. The minimum atomic E-state index is -5.08. The molecule has 0 radical (unpaired) electrons.